The highest BCUT2D eigenvalue weighted by Gasteiger charge is 2.09. The second-order valence-electron chi connectivity index (χ2n) is 4.96. The van der Waals surface area contributed by atoms with Gasteiger partial charge in [-0.05, 0) is 30.2 Å². The van der Waals surface area contributed by atoms with Gasteiger partial charge in [-0.25, -0.2) is 4.68 Å². The summed E-state index contributed by atoms with van der Waals surface area (Å²) in [5, 5.41) is 7.66. The van der Waals surface area contributed by atoms with Gasteiger partial charge in [0.1, 0.15) is 0 Å². The molecule has 1 aromatic heterocycles. The number of nitrogens with one attached hydrogen (secondary N) is 1. The van der Waals surface area contributed by atoms with E-state index in [0.29, 0.717) is 0 Å². The largest absolute Gasteiger partial charge is 0.314 e. The average molecular weight is 256 g/mol. The van der Waals surface area contributed by atoms with Crippen molar-refractivity contribution in [2.24, 2.45) is 0 Å². The van der Waals surface area contributed by atoms with E-state index in [-0.39, 0.29) is 0 Å². The van der Waals surface area contributed by atoms with Gasteiger partial charge in [-0.1, -0.05) is 12.1 Å². The minimum absolute atomic E-state index is 1.11. The molecule has 2 aromatic rings. The molecule has 2 heterocycles. The fourth-order valence-corrected chi connectivity index (χ4v) is 2.50. The van der Waals surface area contributed by atoms with Crippen LogP contribution in [0.1, 0.15) is 5.56 Å². The Morgan fingerprint density at radius 3 is 2.84 bits per heavy atom. The zero-order valence-electron chi connectivity index (χ0n) is 11.1. The van der Waals surface area contributed by atoms with Crippen LogP contribution in [0.5, 0.6) is 0 Å². The minimum atomic E-state index is 1.11. The third-order valence-electron chi connectivity index (χ3n) is 3.61. The molecule has 0 atom stereocenters. The number of nitrogens with zero attached hydrogens (tertiary/aromatic N) is 3. The van der Waals surface area contributed by atoms with Gasteiger partial charge in [-0.15, -0.1) is 0 Å². The van der Waals surface area contributed by atoms with Crippen molar-refractivity contribution in [3.05, 3.63) is 48.3 Å². The van der Waals surface area contributed by atoms with Crippen LogP contribution in [-0.4, -0.2) is 47.4 Å². The van der Waals surface area contributed by atoms with Crippen LogP contribution in [0.15, 0.2) is 42.7 Å². The lowest BCUT2D eigenvalue weighted by molar-refractivity contribution is 0.244. The van der Waals surface area contributed by atoms with Gasteiger partial charge in [0.2, 0.25) is 0 Å². The Morgan fingerprint density at radius 2 is 2.05 bits per heavy atom. The lowest BCUT2D eigenvalue weighted by Gasteiger charge is -2.27. The first-order valence-corrected chi connectivity index (χ1v) is 6.94. The summed E-state index contributed by atoms with van der Waals surface area (Å²) in [7, 11) is 0. The number of piperazine rings is 1. The molecule has 1 aliphatic heterocycles. The van der Waals surface area contributed by atoms with Crippen molar-refractivity contribution >= 4 is 0 Å². The average Bonchev–Trinajstić information content (AvgIpc) is 3.01. The van der Waals surface area contributed by atoms with Crippen molar-refractivity contribution in [3.8, 4) is 5.69 Å². The number of hydrogen-bond donors (Lipinski definition) is 1. The lowest BCUT2D eigenvalue weighted by atomic mass is 10.1. The Labute approximate surface area is 114 Å². The normalized spacial score (nSPS) is 16.6. The Balaban J connectivity index is 1.63. The minimum Gasteiger partial charge on any atom is -0.314 e. The molecule has 4 heteroatoms. The summed E-state index contributed by atoms with van der Waals surface area (Å²) in [4.78, 5) is 2.52. The summed E-state index contributed by atoms with van der Waals surface area (Å²) < 4.78 is 1.91. The molecule has 1 N–H and O–H groups in total. The van der Waals surface area contributed by atoms with Crippen molar-refractivity contribution in [1.82, 2.24) is 20.0 Å². The first-order valence-electron chi connectivity index (χ1n) is 6.94. The third kappa shape index (κ3) is 3.22. The van der Waals surface area contributed by atoms with Gasteiger partial charge in [0.05, 0.1) is 5.69 Å². The Bertz CT molecular complexity index is 501. The first kappa shape index (κ1) is 12.4. The summed E-state index contributed by atoms with van der Waals surface area (Å²) in [6.45, 7) is 5.71. The van der Waals surface area contributed by atoms with Crippen LogP contribution in [-0.2, 0) is 6.42 Å². The molecule has 1 fully saturated rings. The molecule has 0 bridgehead atoms. The smallest absolute Gasteiger partial charge is 0.0648 e. The topological polar surface area (TPSA) is 33.1 Å². The van der Waals surface area contributed by atoms with Crippen LogP contribution in [0.25, 0.3) is 5.69 Å². The predicted octanol–water partition coefficient (Wildman–Crippen LogP) is 1.32. The molecule has 1 saturated heterocycles. The van der Waals surface area contributed by atoms with Crippen molar-refractivity contribution in [1.29, 1.82) is 0 Å². The van der Waals surface area contributed by atoms with Crippen molar-refractivity contribution < 1.29 is 0 Å². The fraction of sp³-hybridized carbons (Fsp3) is 0.400. The van der Waals surface area contributed by atoms with Gasteiger partial charge in [0, 0.05) is 45.1 Å². The lowest BCUT2D eigenvalue weighted by Crippen LogP contribution is -2.44. The SMILES string of the molecule is c1cc(CCN2CCNCC2)cc(-n2cccn2)c1. The van der Waals surface area contributed by atoms with Crippen LogP contribution >= 0.6 is 0 Å². The predicted molar refractivity (Wildman–Crippen MR) is 76.6 cm³/mol. The van der Waals surface area contributed by atoms with Crippen molar-refractivity contribution in [2.75, 3.05) is 32.7 Å². The van der Waals surface area contributed by atoms with Gasteiger partial charge >= 0.3 is 0 Å². The van der Waals surface area contributed by atoms with Gasteiger partial charge < -0.3 is 10.2 Å². The van der Waals surface area contributed by atoms with E-state index >= 15 is 0 Å². The monoisotopic (exact) mass is 256 g/mol. The second kappa shape index (κ2) is 5.99. The molecular formula is C15H20N4. The molecule has 100 valence electrons. The van der Waals surface area contributed by atoms with E-state index in [9.17, 15) is 0 Å². The molecule has 4 nitrogen and oxygen atoms in total. The van der Waals surface area contributed by atoms with Gasteiger partial charge in [0.25, 0.3) is 0 Å². The highest BCUT2D eigenvalue weighted by atomic mass is 15.3. The summed E-state index contributed by atoms with van der Waals surface area (Å²) in [5.74, 6) is 0. The molecular weight excluding hydrogens is 236 g/mol. The molecule has 19 heavy (non-hydrogen) atoms. The molecule has 0 saturated carbocycles. The second-order valence-corrected chi connectivity index (χ2v) is 4.96. The van der Waals surface area contributed by atoms with Crippen LogP contribution in [0.3, 0.4) is 0 Å². The number of hydrogen-bond acceptors (Lipinski definition) is 3. The summed E-state index contributed by atoms with van der Waals surface area (Å²) >= 11 is 0. The number of benzene rings is 1. The Morgan fingerprint density at radius 1 is 1.16 bits per heavy atom. The van der Waals surface area contributed by atoms with Crippen LogP contribution in [0.2, 0.25) is 0 Å². The number of rotatable bonds is 4. The summed E-state index contributed by atoms with van der Waals surface area (Å²) in [6.07, 6.45) is 4.90. The van der Waals surface area contributed by atoms with E-state index in [0.717, 1.165) is 31.7 Å². The van der Waals surface area contributed by atoms with Crippen molar-refractivity contribution in [3.63, 3.8) is 0 Å². The molecule has 0 spiro atoms. The van der Waals surface area contributed by atoms with Crippen molar-refractivity contribution in [2.45, 2.75) is 6.42 Å². The molecule has 0 aliphatic carbocycles. The van der Waals surface area contributed by atoms with Gasteiger partial charge in [-0.2, -0.15) is 5.10 Å². The molecule has 1 aromatic carbocycles. The molecule has 3 rings (SSSR count). The highest BCUT2D eigenvalue weighted by Crippen LogP contribution is 2.10. The maximum absolute atomic E-state index is 4.28. The van der Waals surface area contributed by atoms with Gasteiger partial charge in [-0.3, -0.25) is 0 Å². The maximum atomic E-state index is 4.28. The quantitative estimate of drug-likeness (QED) is 0.895. The highest BCUT2D eigenvalue weighted by molar-refractivity contribution is 5.35. The fourth-order valence-electron chi connectivity index (χ4n) is 2.50. The third-order valence-corrected chi connectivity index (χ3v) is 3.61. The van der Waals surface area contributed by atoms with Gasteiger partial charge in [0.15, 0.2) is 0 Å². The van der Waals surface area contributed by atoms with E-state index in [2.05, 4.69) is 39.6 Å². The molecule has 1 aliphatic rings. The molecule has 0 amide bonds. The zero-order chi connectivity index (χ0) is 12.9. The zero-order valence-corrected chi connectivity index (χ0v) is 11.1. The first-order chi connectivity index (χ1) is 9.42. The van der Waals surface area contributed by atoms with E-state index in [4.69, 9.17) is 0 Å². The van der Waals surface area contributed by atoms with Crippen LogP contribution in [0.4, 0.5) is 0 Å². The van der Waals surface area contributed by atoms with E-state index in [1.165, 1.54) is 18.7 Å². The van der Waals surface area contributed by atoms with E-state index in [1.807, 2.05) is 23.1 Å². The summed E-state index contributed by atoms with van der Waals surface area (Å²) in [5.41, 5.74) is 2.52. The maximum Gasteiger partial charge on any atom is 0.0648 e. The van der Waals surface area contributed by atoms with Crippen LogP contribution in [0, 0.1) is 0 Å². The standard InChI is InChI=1S/C15H20N4/c1-3-14(5-10-18-11-7-16-8-12-18)13-15(4-1)19-9-2-6-17-19/h1-4,6,9,13,16H,5,7-8,10-12H2. The Hall–Kier alpha value is -1.65. The molecule has 0 unspecified atom stereocenters. The van der Waals surface area contributed by atoms with Crippen LogP contribution < -0.4 is 5.32 Å². The molecule has 0 radical (unpaired) electrons. The summed E-state index contributed by atoms with van der Waals surface area (Å²) in [6, 6.07) is 10.6. The van der Waals surface area contributed by atoms with E-state index in [1.54, 1.807) is 0 Å². The van der Waals surface area contributed by atoms with E-state index < -0.39 is 0 Å². The Kier molecular flexibility index (Phi) is 3.91. The number of aromatic nitrogens is 2.